The van der Waals surface area contributed by atoms with Gasteiger partial charge in [0.1, 0.15) is 67.1 Å². The van der Waals surface area contributed by atoms with Crippen LogP contribution in [0.15, 0.2) is 0 Å². The molecule has 9 N–H and O–H groups in total. The first-order valence-corrected chi connectivity index (χ1v) is 16.6. The lowest BCUT2D eigenvalue weighted by molar-refractivity contribution is -0.380. The maximum absolute atomic E-state index is 12.5. The van der Waals surface area contributed by atoms with Crippen LogP contribution in [0.4, 0.5) is 0 Å². The van der Waals surface area contributed by atoms with Crippen LogP contribution >= 0.6 is 0 Å². The average Bonchev–Trinajstić information content (AvgIpc) is 3.00. The minimum Gasteiger partial charge on any atom is -0.390 e. The third-order valence-electron chi connectivity index (χ3n) is 9.52. The normalized spacial score (nSPS) is 49.8. The number of carbonyl (C=O) groups is 1. The highest BCUT2D eigenvalue weighted by molar-refractivity contribution is 5.77. The number of carbonyl (C=O) groups excluding carboxylic acids is 1. The second-order valence-corrected chi connectivity index (χ2v) is 14.2. The van der Waals surface area contributed by atoms with E-state index in [1.165, 1.54) is 34.8 Å². The molecular formula is C31H55NO17. The standard InChI is InChI=1S/C31H55NO17/c1-10-16(32-15(33)9-31(6,7)41)20(37)27(42-8)30(44-10)49-26-19(36)13(4)46-29(23(26)40)48-25-18(35)12(3)45-28(22(25)39)47-24-14(5)43-11(2)17(34)21(24)38/h10-14,16-30,34-41H,9H2,1-8H3,(H,32,33)/t10?,11?,12?,13?,14?,16-,17+,18+,19+,20+,21+,22?,23?,24?,25+,26+,27?,28+,29+,30+/m1/s1. The Labute approximate surface area is 285 Å². The summed E-state index contributed by atoms with van der Waals surface area (Å²) in [5, 5.41) is 89.2. The monoisotopic (exact) mass is 713 g/mol. The van der Waals surface area contributed by atoms with Gasteiger partial charge in [-0.3, -0.25) is 4.79 Å². The van der Waals surface area contributed by atoms with E-state index in [0.717, 1.165) is 0 Å². The molecule has 0 radical (unpaired) electrons. The van der Waals surface area contributed by atoms with Crippen molar-refractivity contribution in [1.82, 2.24) is 5.32 Å². The Morgan fingerprint density at radius 3 is 1.51 bits per heavy atom. The highest BCUT2D eigenvalue weighted by Crippen LogP contribution is 2.34. The van der Waals surface area contributed by atoms with Gasteiger partial charge in [-0.1, -0.05) is 0 Å². The van der Waals surface area contributed by atoms with E-state index in [-0.39, 0.29) is 6.42 Å². The van der Waals surface area contributed by atoms with Crippen molar-refractivity contribution in [2.24, 2.45) is 0 Å². The van der Waals surface area contributed by atoms with Crippen LogP contribution in [-0.2, 0) is 42.7 Å². The summed E-state index contributed by atoms with van der Waals surface area (Å²) in [5.41, 5.74) is -1.29. The topological polar surface area (TPSA) is 265 Å². The molecule has 18 heteroatoms. The highest BCUT2D eigenvalue weighted by atomic mass is 16.8. The molecule has 1 amide bonds. The molecule has 4 rings (SSSR count). The van der Waals surface area contributed by atoms with Gasteiger partial charge in [-0.15, -0.1) is 0 Å². The summed E-state index contributed by atoms with van der Waals surface area (Å²) >= 11 is 0. The van der Waals surface area contributed by atoms with Crippen molar-refractivity contribution in [1.29, 1.82) is 0 Å². The predicted octanol–water partition coefficient (Wildman–Crippen LogP) is -3.63. The van der Waals surface area contributed by atoms with Gasteiger partial charge in [0.25, 0.3) is 0 Å². The molecule has 4 saturated heterocycles. The van der Waals surface area contributed by atoms with Crippen LogP contribution in [0.5, 0.6) is 0 Å². The number of nitrogens with one attached hydrogen (secondary N) is 1. The number of hydrogen-bond donors (Lipinski definition) is 9. The molecule has 4 fully saturated rings. The van der Waals surface area contributed by atoms with E-state index in [4.69, 9.17) is 37.9 Å². The van der Waals surface area contributed by atoms with Crippen molar-refractivity contribution in [3.63, 3.8) is 0 Å². The van der Waals surface area contributed by atoms with Gasteiger partial charge in [0, 0.05) is 7.11 Å². The molecule has 0 aromatic carbocycles. The summed E-state index contributed by atoms with van der Waals surface area (Å²) in [4.78, 5) is 12.5. The number of aliphatic hydroxyl groups excluding tert-OH is 7. The molecule has 0 bridgehead atoms. The van der Waals surface area contributed by atoms with Gasteiger partial charge in [-0.25, -0.2) is 0 Å². The summed E-state index contributed by atoms with van der Waals surface area (Å²) < 4.78 is 46.2. The van der Waals surface area contributed by atoms with E-state index in [9.17, 15) is 45.6 Å². The van der Waals surface area contributed by atoms with Crippen molar-refractivity contribution in [3.05, 3.63) is 0 Å². The van der Waals surface area contributed by atoms with Gasteiger partial charge in [-0.05, 0) is 48.5 Å². The first-order valence-electron chi connectivity index (χ1n) is 16.6. The molecule has 0 aliphatic carbocycles. The van der Waals surface area contributed by atoms with Crippen molar-refractivity contribution in [2.45, 2.75) is 183 Å². The Balaban J connectivity index is 1.46. The molecule has 4 heterocycles. The molecule has 4 aliphatic rings. The Hall–Kier alpha value is -1.17. The van der Waals surface area contributed by atoms with Gasteiger partial charge in [-0.2, -0.15) is 0 Å². The Morgan fingerprint density at radius 1 is 0.571 bits per heavy atom. The largest absolute Gasteiger partial charge is 0.390 e. The first-order chi connectivity index (χ1) is 22.7. The minimum absolute atomic E-state index is 0.235. The number of methoxy groups -OCH3 is 1. The fourth-order valence-corrected chi connectivity index (χ4v) is 6.65. The molecule has 4 aliphatic heterocycles. The van der Waals surface area contributed by atoms with Crippen LogP contribution in [0.25, 0.3) is 0 Å². The molecule has 286 valence electrons. The third kappa shape index (κ3) is 9.08. The number of ether oxygens (including phenoxy) is 8. The maximum atomic E-state index is 12.5. The fourth-order valence-electron chi connectivity index (χ4n) is 6.65. The van der Waals surface area contributed by atoms with Gasteiger partial charge in [0.2, 0.25) is 5.91 Å². The summed E-state index contributed by atoms with van der Waals surface area (Å²) in [5.74, 6) is -0.533. The Bertz CT molecular complexity index is 1080. The Morgan fingerprint density at radius 2 is 1.02 bits per heavy atom. The van der Waals surface area contributed by atoms with Crippen molar-refractivity contribution < 1.29 is 83.5 Å². The molecule has 0 spiro atoms. The van der Waals surface area contributed by atoms with Crippen LogP contribution in [0.2, 0.25) is 0 Å². The van der Waals surface area contributed by atoms with Crippen LogP contribution in [-0.4, -0.2) is 182 Å². The van der Waals surface area contributed by atoms with Gasteiger partial charge in [0.05, 0.1) is 48.6 Å². The van der Waals surface area contributed by atoms with E-state index in [2.05, 4.69) is 5.32 Å². The van der Waals surface area contributed by atoms with E-state index in [1.54, 1.807) is 20.8 Å². The number of aliphatic hydroxyl groups is 8. The fraction of sp³-hybridized carbons (Fsp3) is 0.968. The molecule has 9 unspecified atom stereocenters. The van der Waals surface area contributed by atoms with Crippen molar-refractivity contribution >= 4 is 5.91 Å². The molecule has 20 atom stereocenters. The van der Waals surface area contributed by atoms with Crippen molar-refractivity contribution in [2.75, 3.05) is 7.11 Å². The zero-order valence-electron chi connectivity index (χ0n) is 29.0. The second-order valence-electron chi connectivity index (χ2n) is 14.2. The van der Waals surface area contributed by atoms with E-state index < -0.39 is 134 Å². The molecule has 18 nitrogen and oxygen atoms in total. The lowest BCUT2D eigenvalue weighted by Crippen LogP contribution is -2.67. The molecule has 49 heavy (non-hydrogen) atoms. The number of rotatable bonds is 10. The maximum Gasteiger partial charge on any atom is 0.223 e. The lowest BCUT2D eigenvalue weighted by Gasteiger charge is -2.49. The van der Waals surface area contributed by atoms with Crippen LogP contribution in [0, 0.1) is 0 Å². The average molecular weight is 714 g/mol. The molecule has 0 aromatic heterocycles. The van der Waals surface area contributed by atoms with E-state index >= 15 is 0 Å². The zero-order valence-corrected chi connectivity index (χ0v) is 29.0. The molecule has 0 saturated carbocycles. The number of amides is 1. The second kappa shape index (κ2) is 16.2. The predicted molar refractivity (Wildman–Crippen MR) is 163 cm³/mol. The van der Waals surface area contributed by atoms with E-state index in [0.29, 0.717) is 0 Å². The first kappa shape index (κ1) is 40.6. The van der Waals surface area contributed by atoms with Crippen molar-refractivity contribution in [3.8, 4) is 0 Å². The van der Waals surface area contributed by atoms with Gasteiger partial charge >= 0.3 is 0 Å². The number of hydrogen-bond acceptors (Lipinski definition) is 17. The summed E-state index contributed by atoms with van der Waals surface area (Å²) in [6.45, 7) is 10.7. The smallest absolute Gasteiger partial charge is 0.223 e. The van der Waals surface area contributed by atoms with Crippen LogP contribution in [0.3, 0.4) is 0 Å². The van der Waals surface area contributed by atoms with Gasteiger partial charge in [0.15, 0.2) is 18.9 Å². The highest BCUT2D eigenvalue weighted by Gasteiger charge is 2.54. The zero-order chi connectivity index (χ0) is 36.7. The Kier molecular flexibility index (Phi) is 13.5. The van der Waals surface area contributed by atoms with E-state index in [1.807, 2.05) is 0 Å². The molecule has 0 aromatic rings. The summed E-state index contributed by atoms with van der Waals surface area (Å²) in [7, 11) is 1.28. The quantitative estimate of drug-likeness (QED) is 0.106. The lowest BCUT2D eigenvalue weighted by atomic mass is 9.94. The summed E-state index contributed by atoms with van der Waals surface area (Å²) in [6.07, 6.45) is -24.5. The summed E-state index contributed by atoms with van der Waals surface area (Å²) in [6, 6.07) is -0.955. The van der Waals surface area contributed by atoms with Crippen LogP contribution in [0.1, 0.15) is 54.9 Å². The third-order valence-corrected chi connectivity index (χ3v) is 9.52. The SMILES string of the molecule is COC1[C@H](O[C@@H]2C(O)[C@H](O[C@@H]3C(O)[C@H](OC4C(C)OC(C)[C@H](O)[C@@H]4O)OC(C)[C@@H]3O)OC(C)[C@@H]2O)OC(C)[C@@H](NC(=O)CC(C)(C)O)[C@@H]1O. The van der Waals surface area contributed by atoms with Gasteiger partial charge < -0.3 is 84.1 Å². The van der Waals surface area contributed by atoms with Crippen LogP contribution < -0.4 is 5.32 Å². The minimum atomic E-state index is -1.74. The molecular weight excluding hydrogens is 658 g/mol.